The number of nitrogens with zero attached hydrogens (tertiary/aromatic N) is 1. The van der Waals surface area contributed by atoms with Gasteiger partial charge in [-0.15, -0.1) is 11.3 Å². The van der Waals surface area contributed by atoms with Crippen LogP contribution < -0.4 is 0 Å². The number of hydrogen-bond acceptors (Lipinski definition) is 4. The molecular formula is C19H29NO3S. The minimum Gasteiger partial charge on any atom is -0.466 e. The summed E-state index contributed by atoms with van der Waals surface area (Å²) in [6.07, 6.45) is 9.00. The van der Waals surface area contributed by atoms with E-state index in [2.05, 4.69) is 0 Å². The number of thiophene rings is 1. The summed E-state index contributed by atoms with van der Waals surface area (Å²) in [5, 5.41) is 2.00. The molecule has 0 atom stereocenters. The third-order valence-corrected chi connectivity index (χ3v) is 5.48. The zero-order valence-electron chi connectivity index (χ0n) is 14.7. The molecule has 1 fully saturated rings. The Labute approximate surface area is 149 Å². The number of rotatable bonds is 7. The summed E-state index contributed by atoms with van der Waals surface area (Å²) < 4.78 is 5.04. The average Bonchev–Trinajstić information content (AvgIpc) is 3.02. The highest BCUT2D eigenvalue weighted by atomic mass is 32.1. The molecule has 1 aliphatic rings. The Hall–Kier alpha value is -1.36. The first-order valence-corrected chi connectivity index (χ1v) is 10.1. The Kier molecular flexibility index (Phi) is 8.29. The molecule has 1 amide bonds. The summed E-state index contributed by atoms with van der Waals surface area (Å²) in [6.45, 7) is 2.69. The van der Waals surface area contributed by atoms with Crippen molar-refractivity contribution in [3.05, 3.63) is 22.4 Å². The molecule has 1 heterocycles. The number of esters is 1. The maximum atomic E-state index is 12.9. The van der Waals surface area contributed by atoms with Gasteiger partial charge in [-0.05, 0) is 31.2 Å². The van der Waals surface area contributed by atoms with Gasteiger partial charge in [0.2, 0.25) is 5.91 Å². The molecule has 4 nitrogen and oxygen atoms in total. The lowest BCUT2D eigenvalue weighted by atomic mass is 9.95. The Bertz CT molecular complexity index is 493. The minimum atomic E-state index is -0.211. The second-order valence-electron chi connectivity index (χ2n) is 6.40. The van der Waals surface area contributed by atoms with Gasteiger partial charge in [0.1, 0.15) is 0 Å². The van der Waals surface area contributed by atoms with Crippen LogP contribution in [-0.4, -0.2) is 36.0 Å². The van der Waals surface area contributed by atoms with Gasteiger partial charge in [0.05, 0.1) is 19.4 Å². The molecule has 1 saturated carbocycles. The van der Waals surface area contributed by atoms with E-state index in [1.807, 2.05) is 29.3 Å². The third kappa shape index (κ3) is 6.27. The molecule has 0 unspecified atom stereocenters. The zero-order valence-corrected chi connectivity index (χ0v) is 15.5. The largest absolute Gasteiger partial charge is 0.466 e. The lowest BCUT2D eigenvalue weighted by Gasteiger charge is -2.33. The van der Waals surface area contributed by atoms with Gasteiger partial charge in [0.25, 0.3) is 0 Å². The standard InChI is InChI=1S/C19H29NO3S/c1-2-23-19(22)12-13-20(16-9-6-4-3-5-7-10-16)18(21)15-17-11-8-14-24-17/h8,11,14,16H,2-7,9-10,12-13,15H2,1H3. The van der Waals surface area contributed by atoms with Crippen LogP contribution in [0.2, 0.25) is 0 Å². The summed E-state index contributed by atoms with van der Waals surface area (Å²) in [4.78, 5) is 27.6. The molecule has 24 heavy (non-hydrogen) atoms. The van der Waals surface area contributed by atoms with E-state index in [0.29, 0.717) is 26.0 Å². The van der Waals surface area contributed by atoms with E-state index >= 15 is 0 Å². The fraction of sp³-hybridized carbons (Fsp3) is 0.684. The van der Waals surface area contributed by atoms with Crippen LogP contribution in [0.5, 0.6) is 0 Å². The normalized spacial score (nSPS) is 16.2. The zero-order chi connectivity index (χ0) is 17.2. The Morgan fingerprint density at radius 3 is 2.54 bits per heavy atom. The van der Waals surface area contributed by atoms with E-state index in [-0.39, 0.29) is 17.9 Å². The summed E-state index contributed by atoms with van der Waals surface area (Å²) >= 11 is 1.62. The van der Waals surface area contributed by atoms with Crippen LogP contribution in [0.4, 0.5) is 0 Å². The first-order valence-electron chi connectivity index (χ1n) is 9.18. The highest BCUT2D eigenvalue weighted by molar-refractivity contribution is 7.10. The van der Waals surface area contributed by atoms with Crippen LogP contribution in [0.25, 0.3) is 0 Å². The van der Waals surface area contributed by atoms with Crippen molar-refractivity contribution >= 4 is 23.2 Å². The topological polar surface area (TPSA) is 46.6 Å². The van der Waals surface area contributed by atoms with Crippen LogP contribution in [0.15, 0.2) is 17.5 Å². The molecule has 0 N–H and O–H groups in total. The molecular weight excluding hydrogens is 322 g/mol. The summed E-state index contributed by atoms with van der Waals surface area (Å²) in [5.74, 6) is -0.0652. The van der Waals surface area contributed by atoms with Crippen molar-refractivity contribution in [3.8, 4) is 0 Å². The Morgan fingerprint density at radius 1 is 1.21 bits per heavy atom. The minimum absolute atomic E-state index is 0.146. The number of amides is 1. The van der Waals surface area contributed by atoms with Gasteiger partial charge >= 0.3 is 5.97 Å². The van der Waals surface area contributed by atoms with E-state index in [9.17, 15) is 9.59 Å². The van der Waals surface area contributed by atoms with Crippen molar-refractivity contribution in [3.63, 3.8) is 0 Å². The maximum Gasteiger partial charge on any atom is 0.307 e. The highest BCUT2D eigenvalue weighted by Gasteiger charge is 2.25. The number of ether oxygens (including phenoxy) is 1. The van der Waals surface area contributed by atoms with Crippen molar-refractivity contribution in [2.24, 2.45) is 0 Å². The monoisotopic (exact) mass is 351 g/mol. The maximum absolute atomic E-state index is 12.9. The average molecular weight is 352 g/mol. The Balaban J connectivity index is 2.00. The first-order chi connectivity index (χ1) is 11.7. The van der Waals surface area contributed by atoms with E-state index < -0.39 is 0 Å². The van der Waals surface area contributed by atoms with Crippen LogP contribution in [0.3, 0.4) is 0 Å². The van der Waals surface area contributed by atoms with Gasteiger partial charge in [0, 0.05) is 17.5 Å². The quantitative estimate of drug-likeness (QED) is 0.692. The second kappa shape index (κ2) is 10.5. The van der Waals surface area contributed by atoms with Gasteiger partial charge < -0.3 is 9.64 Å². The number of hydrogen-bond donors (Lipinski definition) is 0. The van der Waals surface area contributed by atoms with Crippen LogP contribution >= 0.6 is 11.3 Å². The summed E-state index contributed by atoms with van der Waals surface area (Å²) in [6, 6.07) is 4.25. The predicted octanol–water partition coefficient (Wildman–Crippen LogP) is 4.19. The van der Waals surface area contributed by atoms with E-state index in [1.54, 1.807) is 11.3 Å². The summed E-state index contributed by atoms with van der Waals surface area (Å²) in [5.41, 5.74) is 0. The van der Waals surface area contributed by atoms with Gasteiger partial charge in [-0.25, -0.2) is 0 Å². The van der Waals surface area contributed by atoms with Crippen molar-refractivity contribution in [2.45, 2.75) is 70.8 Å². The van der Waals surface area contributed by atoms with Crippen LogP contribution in [-0.2, 0) is 20.7 Å². The van der Waals surface area contributed by atoms with Crippen LogP contribution in [0, 0.1) is 0 Å². The van der Waals surface area contributed by atoms with Crippen molar-refractivity contribution in [1.82, 2.24) is 4.90 Å². The fourth-order valence-corrected chi connectivity index (χ4v) is 4.06. The molecule has 134 valence electrons. The molecule has 0 radical (unpaired) electrons. The molecule has 0 saturated heterocycles. The highest BCUT2D eigenvalue weighted by Crippen LogP contribution is 2.23. The van der Waals surface area contributed by atoms with Crippen LogP contribution in [0.1, 0.15) is 63.2 Å². The van der Waals surface area contributed by atoms with Gasteiger partial charge in [-0.2, -0.15) is 0 Å². The Morgan fingerprint density at radius 2 is 1.92 bits per heavy atom. The smallest absolute Gasteiger partial charge is 0.307 e. The van der Waals surface area contributed by atoms with Crippen molar-refractivity contribution in [1.29, 1.82) is 0 Å². The predicted molar refractivity (Wildman–Crippen MR) is 97.1 cm³/mol. The lowest BCUT2D eigenvalue weighted by Crippen LogP contribution is -2.42. The molecule has 0 aromatic carbocycles. The number of carbonyl (C=O) groups is 2. The lowest BCUT2D eigenvalue weighted by molar-refractivity contribution is -0.144. The van der Waals surface area contributed by atoms with Crippen molar-refractivity contribution in [2.75, 3.05) is 13.2 Å². The number of carbonyl (C=O) groups excluding carboxylic acids is 2. The second-order valence-corrected chi connectivity index (χ2v) is 7.43. The molecule has 0 aliphatic heterocycles. The summed E-state index contributed by atoms with van der Waals surface area (Å²) in [7, 11) is 0. The molecule has 0 spiro atoms. The van der Waals surface area contributed by atoms with E-state index in [1.165, 1.54) is 32.1 Å². The van der Waals surface area contributed by atoms with Crippen molar-refractivity contribution < 1.29 is 14.3 Å². The third-order valence-electron chi connectivity index (χ3n) is 4.60. The molecule has 1 aromatic rings. The molecule has 2 rings (SSSR count). The van der Waals surface area contributed by atoms with Gasteiger partial charge in [0.15, 0.2) is 0 Å². The SMILES string of the molecule is CCOC(=O)CCN(C(=O)Cc1cccs1)C1CCCCCCC1. The molecule has 1 aliphatic carbocycles. The van der Waals surface area contributed by atoms with Gasteiger partial charge in [-0.3, -0.25) is 9.59 Å². The van der Waals surface area contributed by atoms with Gasteiger partial charge in [-0.1, -0.05) is 38.2 Å². The molecule has 1 aromatic heterocycles. The van der Waals surface area contributed by atoms with E-state index in [4.69, 9.17) is 4.74 Å². The molecule has 5 heteroatoms. The van der Waals surface area contributed by atoms with E-state index in [0.717, 1.165) is 17.7 Å². The fourth-order valence-electron chi connectivity index (χ4n) is 3.37. The first kappa shape index (κ1) is 19.0. The molecule has 0 bridgehead atoms.